The number of aromatic nitrogens is 1. The van der Waals surface area contributed by atoms with Crippen LogP contribution in [0.15, 0.2) is 6.07 Å². The van der Waals surface area contributed by atoms with Crippen molar-refractivity contribution in [3.63, 3.8) is 0 Å². The Kier molecular flexibility index (Phi) is 3.63. The number of halogens is 4. The smallest absolute Gasteiger partial charge is 0.480 e. The van der Waals surface area contributed by atoms with E-state index < -0.39 is 6.36 Å². The van der Waals surface area contributed by atoms with Gasteiger partial charge in [-0.3, -0.25) is 0 Å². The van der Waals surface area contributed by atoms with Crippen molar-refractivity contribution >= 4 is 22.6 Å². The lowest BCUT2D eigenvalue weighted by atomic mass is 10.3. The maximum Gasteiger partial charge on any atom is 0.573 e. The molecular weight excluding hydrogens is 326 g/mol. The van der Waals surface area contributed by atoms with Gasteiger partial charge >= 0.3 is 6.36 Å². The normalized spacial score (nSPS) is 11.3. The first kappa shape index (κ1) is 12.3. The minimum absolute atomic E-state index is 0.129. The van der Waals surface area contributed by atoms with Crippen LogP contribution >= 0.6 is 22.6 Å². The fourth-order valence-electron chi connectivity index (χ4n) is 0.913. The summed E-state index contributed by atoms with van der Waals surface area (Å²) < 4.78 is 45.0. The quantitative estimate of drug-likeness (QED) is 0.780. The molecule has 0 saturated carbocycles. The summed E-state index contributed by atoms with van der Waals surface area (Å²) in [6.45, 7) is 1.42. The molecule has 0 spiro atoms. The number of hydrogen-bond acceptors (Lipinski definition) is 3. The van der Waals surface area contributed by atoms with Crippen LogP contribution in [0.1, 0.15) is 5.69 Å². The van der Waals surface area contributed by atoms with E-state index in [9.17, 15) is 13.2 Å². The molecule has 0 aliphatic carbocycles. The van der Waals surface area contributed by atoms with Crippen LogP contribution in [0.25, 0.3) is 0 Å². The number of alkyl halides is 3. The molecule has 0 amide bonds. The molecule has 84 valence electrons. The summed E-state index contributed by atoms with van der Waals surface area (Å²) in [5.41, 5.74) is 0.129. The zero-order valence-electron chi connectivity index (χ0n) is 7.85. The first-order chi connectivity index (χ1) is 6.83. The van der Waals surface area contributed by atoms with Crippen molar-refractivity contribution in [3.8, 4) is 11.6 Å². The maximum absolute atomic E-state index is 12.0. The molecular formula is C8H7F3INO2. The summed E-state index contributed by atoms with van der Waals surface area (Å²) in [7, 11) is 1.40. The minimum atomic E-state index is -4.70. The van der Waals surface area contributed by atoms with Crippen molar-refractivity contribution in [1.82, 2.24) is 4.98 Å². The van der Waals surface area contributed by atoms with Gasteiger partial charge in [-0.05, 0) is 29.5 Å². The van der Waals surface area contributed by atoms with Gasteiger partial charge in [-0.1, -0.05) is 0 Å². The van der Waals surface area contributed by atoms with Crippen LogP contribution in [0.4, 0.5) is 13.2 Å². The van der Waals surface area contributed by atoms with Crippen LogP contribution in [0.3, 0.4) is 0 Å². The molecule has 1 aromatic heterocycles. The highest BCUT2D eigenvalue weighted by Gasteiger charge is 2.32. The van der Waals surface area contributed by atoms with Crippen LogP contribution in [-0.4, -0.2) is 18.5 Å². The number of ether oxygens (including phenoxy) is 2. The molecule has 0 fully saturated rings. The Morgan fingerprint density at radius 2 is 2.00 bits per heavy atom. The highest BCUT2D eigenvalue weighted by atomic mass is 127. The molecule has 0 unspecified atom stereocenters. The van der Waals surface area contributed by atoms with E-state index in [-0.39, 0.29) is 17.3 Å². The molecule has 7 heteroatoms. The Morgan fingerprint density at radius 3 is 2.47 bits per heavy atom. The molecule has 0 bridgehead atoms. The highest BCUT2D eigenvalue weighted by Crippen LogP contribution is 2.30. The van der Waals surface area contributed by atoms with Gasteiger partial charge in [0, 0.05) is 6.07 Å². The number of aryl methyl sites for hydroxylation is 1. The Hall–Kier alpha value is -0.730. The van der Waals surface area contributed by atoms with Gasteiger partial charge in [0.2, 0.25) is 5.88 Å². The molecule has 0 aliphatic heterocycles. The van der Waals surface area contributed by atoms with E-state index in [0.717, 1.165) is 0 Å². The Bertz CT molecular complexity index is 368. The number of nitrogens with zero attached hydrogens (tertiary/aromatic N) is 1. The highest BCUT2D eigenvalue weighted by molar-refractivity contribution is 14.1. The Labute approximate surface area is 97.7 Å². The first-order valence-electron chi connectivity index (χ1n) is 3.80. The molecule has 0 N–H and O–H groups in total. The lowest BCUT2D eigenvalue weighted by Crippen LogP contribution is -2.18. The van der Waals surface area contributed by atoms with Crippen molar-refractivity contribution < 1.29 is 22.6 Å². The fraction of sp³-hybridized carbons (Fsp3) is 0.375. The Balaban J connectivity index is 3.05. The van der Waals surface area contributed by atoms with Gasteiger partial charge in [0.25, 0.3) is 0 Å². The zero-order valence-corrected chi connectivity index (χ0v) is 10.0. The molecule has 0 aromatic carbocycles. The van der Waals surface area contributed by atoms with Crippen molar-refractivity contribution in [2.24, 2.45) is 0 Å². The van der Waals surface area contributed by atoms with E-state index in [1.807, 2.05) is 22.6 Å². The average Bonchev–Trinajstić information content (AvgIpc) is 2.08. The minimum Gasteiger partial charge on any atom is -0.480 e. The van der Waals surface area contributed by atoms with Gasteiger partial charge in [0.1, 0.15) is 0 Å². The van der Waals surface area contributed by atoms with Gasteiger partial charge in [-0.15, -0.1) is 13.2 Å². The molecule has 0 aliphatic rings. The topological polar surface area (TPSA) is 31.4 Å². The van der Waals surface area contributed by atoms with Gasteiger partial charge < -0.3 is 9.47 Å². The molecule has 1 heterocycles. The SMILES string of the molecule is COc1nc(C)c(OC(F)(F)F)cc1I. The van der Waals surface area contributed by atoms with E-state index in [1.54, 1.807) is 0 Å². The van der Waals surface area contributed by atoms with Crippen molar-refractivity contribution in [1.29, 1.82) is 0 Å². The fourth-order valence-corrected chi connectivity index (χ4v) is 1.54. The number of pyridine rings is 1. The van der Waals surface area contributed by atoms with E-state index in [0.29, 0.717) is 3.57 Å². The van der Waals surface area contributed by atoms with E-state index in [4.69, 9.17) is 4.74 Å². The summed E-state index contributed by atoms with van der Waals surface area (Å²) in [6.07, 6.45) is -4.70. The second kappa shape index (κ2) is 4.42. The Morgan fingerprint density at radius 1 is 1.40 bits per heavy atom. The second-order valence-electron chi connectivity index (χ2n) is 2.61. The van der Waals surface area contributed by atoms with Gasteiger partial charge in [0.05, 0.1) is 16.4 Å². The van der Waals surface area contributed by atoms with Gasteiger partial charge in [-0.25, -0.2) is 4.98 Å². The standard InChI is InChI=1S/C8H7F3INO2/c1-4-6(15-8(9,10)11)3-5(12)7(13-4)14-2/h3H,1-2H3. The number of methoxy groups -OCH3 is 1. The molecule has 3 nitrogen and oxygen atoms in total. The average molecular weight is 333 g/mol. The largest absolute Gasteiger partial charge is 0.573 e. The van der Waals surface area contributed by atoms with Gasteiger partial charge in [-0.2, -0.15) is 0 Å². The summed E-state index contributed by atoms with van der Waals surface area (Å²) in [5.74, 6) is -0.0321. The van der Waals surface area contributed by atoms with Crippen LogP contribution in [0.2, 0.25) is 0 Å². The monoisotopic (exact) mass is 333 g/mol. The third-order valence-electron chi connectivity index (χ3n) is 1.51. The van der Waals surface area contributed by atoms with E-state index in [2.05, 4.69) is 9.72 Å². The number of hydrogen-bond donors (Lipinski definition) is 0. The summed E-state index contributed by atoms with van der Waals surface area (Å²) in [4.78, 5) is 3.82. The van der Waals surface area contributed by atoms with Crippen molar-refractivity contribution in [2.45, 2.75) is 13.3 Å². The van der Waals surface area contributed by atoms with Crippen LogP contribution in [-0.2, 0) is 0 Å². The zero-order chi connectivity index (χ0) is 11.6. The third-order valence-corrected chi connectivity index (χ3v) is 2.28. The van der Waals surface area contributed by atoms with Crippen LogP contribution < -0.4 is 9.47 Å². The molecule has 1 rings (SSSR count). The summed E-state index contributed by atoms with van der Waals surface area (Å²) in [5, 5.41) is 0. The van der Waals surface area contributed by atoms with Crippen molar-refractivity contribution in [3.05, 3.63) is 15.3 Å². The van der Waals surface area contributed by atoms with E-state index >= 15 is 0 Å². The lowest BCUT2D eigenvalue weighted by molar-refractivity contribution is -0.275. The molecule has 1 aromatic rings. The molecule has 15 heavy (non-hydrogen) atoms. The summed E-state index contributed by atoms with van der Waals surface area (Å²) >= 11 is 1.82. The maximum atomic E-state index is 12.0. The predicted octanol–water partition coefficient (Wildman–Crippen LogP) is 2.90. The van der Waals surface area contributed by atoms with Crippen LogP contribution in [0.5, 0.6) is 11.6 Å². The molecule has 0 saturated heterocycles. The second-order valence-corrected chi connectivity index (χ2v) is 3.77. The molecule has 0 radical (unpaired) electrons. The first-order valence-corrected chi connectivity index (χ1v) is 4.88. The number of rotatable bonds is 2. The van der Waals surface area contributed by atoms with Crippen LogP contribution in [0, 0.1) is 10.5 Å². The predicted molar refractivity (Wildman–Crippen MR) is 54.9 cm³/mol. The summed E-state index contributed by atoms with van der Waals surface area (Å²) in [6, 6.07) is 1.23. The third kappa shape index (κ3) is 3.40. The van der Waals surface area contributed by atoms with E-state index in [1.165, 1.54) is 20.1 Å². The lowest BCUT2D eigenvalue weighted by Gasteiger charge is -2.12. The van der Waals surface area contributed by atoms with Gasteiger partial charge in [0.15, 0.2) is 5.75 Å². The molecule has 0 atom stereocenters. The van der Waals surface area contributed by atoms with Crippen molar-refractivity contribution in [2.75, 3.05) is 7.11 Å².